The number of allylic oxidation sites excluding steroid dienone is 1. The minimum Gasteiger partial charge on any atom is -0.472 e. The summed E-state index contributed by atoms with van der Waals surface area (Å²) in [6.07, 6.45) is 10.0. The van der Waals surface area contributed by atoms with Gasteiger partial charge in [0.05, 0.1) is 18.6 Å². The summed E-state index contributed by atoms with van der Waals surface area (Å²) in [5.74, 6) is 1.15. The molecule has 0 spiro atoms. The molecular weight excluding hydrogens is 272 g/mol. The minimum atomic E-state index is -0.161. The lowest BCUT2D eigenvalue weighted by Gasteiger charge is -2.59. The molecule has 0 radical (unpaired) electrons. The second kappa shape index (κ2) is 5.56. The van der Waals surface area contributed by atoms with Gasteiger partial charge in [-0.1, -0.05) is 32.9 Å². The van der Waals surface area contributed by atoms with Crippen LogP contribution >= 0.6 is 0 Å². The molecule has 2 aliphatic rings. The molecule has 0 aliphatic heterocycles. The van der Waals surface area contributed by atoms with Gasteiger partial charge in [0.1, 0.15) is 0 Å². The summed E-state index contributed by atoms with van der Waals surface area (Å²) in [5.41, 5.74) is 3.01. The van der Waals surface area contributed by atoms with Crippen LogP contribution in [0.15, 0.2) is 35.2 Å². The first kappa shape index (κ1) is 15.9. The zero-order valence-electron chi connectivity index (χ0n) is 14.3. The van der Waals surface area contributed by atoms with Gasteiger partial charge >= 0.3 is 0 Å². The molecule has 2 saturated carbocycles. The maximum atomic E-state index is 10.5. The normalized spacial score (nSPS) is 37.8. The quantitative estimate of drug-likeness (QED) is 0.799. The van der Waals surface area contributed by atoms with Gasteiger partial charge < -0.3 is 9.52 Å². The molecule has 2 nitrogen and oxygen atoms in total. The van der Waals surface area contributed by atoms with Crippen LogP contribution in [0.2, 0.25) is 0 Å². The van der Waals surface area contributed by atoms with Gasteiger partial charge in [-0.2, -0.15) is 0 Å². The van der Waals surface area contributed by atoms with E-state index in [9.17, 15) is 5.11 Å². The minimum absolute atomic E-state index is 0.0155. The van der Waals surface area contributed by atoms with Crippen molar-refractivity contribution < 1.29 is 9.52 Å². The average Bonchev–Trinajstić information content (AvgIpc) is 2.96. The van der Waals surface area contributed by atoms with Crippen LogP contribution in [0.4, 0.5) is 0 Å². The molecule has 122 valence electrons. The van der Waals surface area contributed by atoms with Crippen LogP contribution in [0.25, 0.3) is 0 Å². The van der Waals surface area contributed by atoms with Crippen molar-refractivity contribution in [2.24, 2.45) is 22.7 Å². The van der Waals surface area contributed by atoms with E-state index in [4.69, 9.17) is 4.42 Å². The predicted molar refractivity (Wildman–Crippen MR) is 89.5 cm³/mol. The number of aliphatic hydroxyl groups excluding tert-OH is 1. The zero-order valence-corrected chi connectivity index (χ0v) is 14.3. The molecule has 2 heteroatoms. The standard InChI is InChI=1S/C20H30O2/c1-14-5-8-17-19(2,3)18(21)9-11-20(17,4)16(14)7-6-15-10-12-22-13-15/h10,12-13,16-18,21H,1,5-9,11H2,2-4H3/t16-,17-,18-,20+/m1/s1. The van der Waals surface area contributed by atoms with Crippen molar-refractivity contribution in [2.45, 2.75) is 65.4 Å². The second-order valence-corrected chi connectivity index (χ2v) is 8.35. The number of hydrogen-bond donors (Lipinski definition) is 1. The fourth-order valence-corrected chi connectivity index (χ4v) is 5.44. The van der Waals surface area contributed by atoms with Crippen molar-refractivity contribution in [1.82, 2.24) is 0 Å². The fraction of sp³-hybridized carbons (Fsp3) is 0.700. The first-order chi connectivity index (χ1) is 10.4. The third-order valence-corrected chi connectivity index (χ3v) is 6.85. The smallest absolute Gasteiger partial charge is 0.0934 e. The second-order valence-electron chi connectivity index (χ2n) is 8.35. The van der Waals surface area contributed by atoms with Gasteiger partial charge in [0.15, 0.2) is 0 Å². The van der Waals surface area contributed by atoms with Gasteiger partial charge in [0, 0.05) is 0 Å². The molecule has 3 rings (SSSR count). The van der Waals surface area contributed by atoms with E-state index in [1.54, 1.807) is 6.26 Å². The van der Waals surface area contributed by atoms with E-state index < -0.39 is 0 Å². The van der Waals surface area contributed by atoms with Crippen molar-refractivity contribution in [2.75, 3.05) is 0 Å². The SMILES string of the molecule is C=C1CC[C@@H]2C(C)(C)[C@H](O)CC[C@@]2(C)[C@@H]1CCc1ccoc1. The van der Waals surface area contributed by atoms with Gasteiger partial charge in [-0.25, -0.2) is 0 Å². The Morgan fingerprint density at radius 2 is 2.09 bits per heavy atom. The van der Waals surface area contributed by atoms with Crippen molar-refractivity contribution in [1.29, 1.82) is 0 Å². The highest BCUT2D eigenvalue weighted by atomic mass is 16.3. The molecule has 4 atom stereocenters. The van der Waals surface area contributed by atoms with E-state index in [0.717, 1.165) is 32.1 Å². The van der Waals surface area contributed by atoms with Gasteiger partial charge in [-0.3, -0.25) is 0 Å². The lowest BCUT2D eigenvalue weighted by atomic mass is 9.46. The summed E-state index contributed by atoms with van der Waals surface area (Å²) < 4.78 is 5.20. The molecule has 2 fully saturated rings. The third kappa shape index (κ3) is 2.46. The largest absolute Gasteiger partial charge is 0.472 e. The number of rotatable bonds is 3. The Morgan fingerprint density at radius 3 is 2.77 bits per heavy atom. The number of aryl methyl sites for hydroxylation is 1. The summed E-state index contributed by atoms with van der Waals surface area (Å²) in [6.45, 7) is 11.4. The highest BCUT2D eigenvalue weighted by Gasteiger charge is 2.55. The van der Waals surface area contributed by atoms with E-state index in [2.05, 4.69) is 33.4 Å². The highest BCUT2D eigenvalue weighted by Crippen LogP contribution is 2.61. The molecule has 0 saturated heterocycles. The maximum absolute atomic E-state index is 10.5. The Hall–Kier alpha value is -1.02. The Bertz CT molecular complexity index is 528. The topological polar surface area (TPSA) is 33.4 Å². The molecule has 1 aromatic rings. The lowest BCUT2D eigenvalue weighted by Crippen LogP contribution is -2.54. The van der Waals surface area contributed by atoms with Gasteiger partial charge in [0.2, 0.25) is 0 Å². The van der Waals surface area contributed by atoms with E-state index in [1.807, 2.05) is 6.26 Å². The van der Waals surface area contributed by atoms with Crippen molar-refractivity contribution in [3.05, 3.63) is 36.3 Å². The molecule has 0 unspecified atom stereocenters. The van der Waals surface area contributed by atoms with Crippen LogP contribution in [0.5, 0.6) is 0 Å². The van der Waals surface area contributed by atoms with Crippen LogP contribution in [-0.4, -0.2) is 11.2 Å². The van der Waals surface area contributed by atoms with Crippen molar-refractivity contribution in [3.8, 4) is 0 Å². The molecule has 0 aromatic carbocycles. The Kier molecular flexibility index (Phi) is 4.01. The van der Waals surface area contributed by atoms with E-state index in [-0.39, 0.29) is 16.9 Å². The molecule has 1 N–H and O–H groups in total. The molecule has 0 bridgehead atoms. The lowest BCUT2D eigenvalue weighted by molar-refractivity contribution is -0.124. The molecule has 0 amide bonds. The monoisotopic (exact) mass is 302 g/mol. The molecule has 2 aliphatic carbocycles. The Morgan fingerprint density at radius 1 is 1.32 bits per heavy atom. The average molecular weight is 302 g/mol. The third-order valence-electron chi connectivity index (χ3n) is 6.85. The van der Waals surface area contributed by atoms with Gasteiger partial charge in [-0.05, 0) is 72.8 Å². The van der Waals surface area contributed by atoms with Crippen LogP contribution in [-0.2, 0) is 6.42 Å². The molecule has 1 aromatic heterocycles. The summed E-state index contributed by atoms with van der Waals surface area (Å²) in [7, 11) is 0. The Labute approximate surface area is 134 Å². The van der Waals surface area contributed by atoms with Gasteiger partial charge in [-0.15, -0.1) is 0 Å². The summed E-state index contributed by atoms with van der Waals surface area (Å²) in [6, 6.07) is 2.07. The van der Waals surface area contributed by atoms with E-state index in [1.165, 1.54) is 17.6 Å². The molecular formula is C20H30O2. The Balaban J connectivity index is 1.83. The van der Waals surface area contributed by atoms with E-state index >= 15 is 0 Å². The zero-order chi connectivity index (χ0) is 16.0. The van der Waals surface area contributed by atoms with Crippen LogP contribution in [0.3, 0.4) is 0 Å². The molecule has 22 heavy (non-hydrogen) atoms. The highest BCUT2D eigenvalue weighted by molar-refractivity contribution is 5.18. The number of hydrogen-bond acceptors (Lipinski definition) is 2. The van der Waals surface area contributed by atoms with Crippen LogP contribution in [0, 0.1) is 22.7 Å². The first-order valence-electron chi connectivity index (χ1n) is 8.72. The van der Waals surface area contributed by atoms with Crippen molar-refractivity contribution in [3.63, 3.8) is 0 Å². The van der Waals surface area contributed by atoms with Gasteiger partial charge in [0.25, 0.3) is 0 Å². The first-order valence-corrected chi connectivity index (χ1v) is 8.72. The summed E-state index contributed by atoms with van der Waals surface area (Å²) >= 11 is 0. The van der Waals surface area contributed by atoms with E-state index in [0.29, 0.717) is 11.8 Å². The number of fused-ring (bicyclic) bond motifs is 1. The maximum Gasteiger partial charge on any atom is 0.0934 e. The number of aliphatic hydroxyl groups is 1. The summed E-state index contributed by atoms with van der Waals surface area (Å²) in [5, 5.41) is 10.5. The summed E-state index contributed by atoms with van der Waals surface area (Å²) in [4.78, 5) is 0. The van der Waals surface area contributed by atoms with Crippen molar-refractivity contribution >= 4 is 0 Å². The predicted octanol–water partition coefficient (Wildman–Crippen LogP) is 4.98. The fourth-order valence-electron chi connectivity index (χ4n) is 5.44. The van der Waals surface area contributed by atoms with Crippen LogP contribution < -0.4 is 0 Å². The number of furan rings is 1. The van der Waals surface area contributed by atoms with Crippen LogP contribution in [0.1, 0.15) is 58.4 Å². The molecule has 1 heterocycles.